The number of nitrogens with zero attached hydrogens (tertiary/aromatic N) is 3. The third-order valence-corrected chi connectivity index (χ3v) is 3.03. The summed E-state index contributed by atoms with van der Waals surface area (Å²) in [5.41, 5.74) is 7.62. The Kier molecular flexibility index (Phi) is 2.52. The van der Waals surface area contributed by atoms with Gasteiger partial charge < -0.3 is 5.73 Å². The summed E-state index contributed by atoms with van der Waals surface area (Å²) in [5.74, 6) is 0.0737. The molecule has 2 N–H and O–H groups in total. The van der Waals surface area contributed by atoms with E-state index in [0.717, 1.165) is 16.6 Å². The molecule has 19 heavy (non-hydrogen) atoms. The van der Waals surface area contributed by atoms with Crippen molar-refractivity contribution in [3.63, 3.8) is 0 Å². The number of para-hydroxylation sites is 1. The van der Waals surface area contributed by atoms with Crippen LogP contribution in [0.1, 0.15) is 16.1 Å². The van der Waals surface area contributed by atoms with E-state index in [-0.39, 0.29) is 0 Å². The number of amides is 1. The minimum absolute atomic E-state index is 0.458. The van der Waals surface area contributed by atoms with Gasteiger partial charge in [0.2, 0.25) is 5.95 Å². The molecule has 1 amide bonds. The first-order valence-electron chi connectivity index (χ1n) is 5.87. The lowest BCUT2D eigenvalue weighted by atomic mass is 10.1. The van der Waals surface area contributed by atoms with Crippen LogP contribution in [0.4, 0.5) is 0 Å². The van der Waals surface area contributed by atoms with Crippen molar-refractivity contribution in [1.29, 1.82) is 0 Å². The fourth-order valence-corrected chi connectivity index (χ4v) is 2.26. The number of carbonyl (C=O) groups is 1. The van der Waals surface area contributed by atoms with Crippen molar-refractivity contribution in [2.75, 3.05) is 0 Å². The number of hydrogen-bond acceptors (Lipinski definition) is 3. The van der Waals surface area contributed by atoms with Gasteiger partial charge in [-0.15, -0.1) is 0 Å². The summed E-state index contributed by atoms with van der Waals surface area (Å²) in [4.78, 5) is 20.0. The van der Waals surface area contributed by atoms with E-state index >= 15 is 0 Å². The maximum absolute atomic E-state index is 11.6. The highest BCUT2D eigenvalue weighted by atomic mass is 16.1. The lowest BCUT2D eigenvalue weighted by Crippen LogP contribution is -2.13. The van der Waals surface area contributed by atoms with Gasteiger partial charge in [0.25, 0.3) is 5.91 Å². The minimum atomic E-state index is -0.458. The Morgan fingerprint density at radius 3 is 2.63 bits per heavy atom. The molecule has 0 fully saturated rings. The van der Waals surface area contributed by atoms with Gasteiger partial charge in [0.15, 0.2) is 0 Å². The summed E-state index contributed by atoms with van der Waals surface area (Å²) in [7, 11) is 0. The van der Waals surface area contributed by atoms with Gasteiger partial charge in [0.1, 0.15) is 0 Å². The van der Waals surface area contributed by atoms with Gasteiger partial charge in [-0.3, -0.25) is 9.36 Å². The SMILES string of the molecule is Cc1cc2cccc(C(N)=O)c2n1-c1ncccn1. The van der Waals surface area contributed by atoms with Crippen LogP contribution in [0.15, 0.2) is 42.7 Å². The zero-order valence-electron chi connectivity index (χ0n) is 10.4. The Labute approximate surface area is 109 Å². The molecule has 0 unspecified atom stereocenters. The van der Waals surface area contributed by atoms with E-state index in [1.165, 1.54) is 0 Å². The highest BCUT2D eigenvalue weighted by Gasteiger charge is 2.15. The second kappa shape index (κ2) is 4.20. The predicted molar refractivity (Wildman–Crippen MR) is 72.1 cm³/mol. The lowest BCUT2D eigenvalue weighted by Gasteiger charge is -2.07. The average molecular weight is 252 g/mol. The van der Waals surface area contributed by atoms with Crippen LogP contribution in [0.5, 0.6) is 0 Å². The summed E-state index contributed by atoms with van der Waals surface area (Å²) in [6.07, 6.45) is 3.33. The topological polar surface area (TPSA) is 73.8 Å². The molecule has 0 radical (unpaired) electrons. The molecule has 0 spiro atoms. The molecule has 0 aliphatic heterocycles. The molecule has 5 heteroatoms. The Morgan fingerprint density at radius 1 is 1.21 bits per heavy atom. The fraction of sp³-hybridized carbons (Fsp3) is 0.0714. The lowest BCUT2D eigenvalue weighted by molar-refractivity contribution is 0.100. The molecule has 0 aliphatic rings. The molecule has 3 aromatic rings. The second-order valence-electron chi connectivity index (χ2n) is 4.28. The van der Waals surface area contributed by atoms with Gasteiger partial charge in [-0.25, -0.2) is 9.97 Å². The quantitative estimate of drug-likeness (QED) is 0.756. The summed E-state index contributed by atoms with van der Waals surface area (Å²) < 4.78 is 1.84. The zero-order chi connectivity index (χ0) is 13.4. The fourth-order valence-electron chi connectivity index (χ4n) is 2.26. The van der Waals surface area contributed by atoms with Crippen molar-refractivity contribution in [3.05, 3.63) is 54.0 Å². The molecule has 94 valence electrons. The van der Waals surface area contributed by atoms with Crippen molar-refractivity contribution < 1.29 is 4.79 Å². The number of benzene rings is 1. The van der Waals surface area contributed by atoms with Crippen molar-refractivity contribution in [1.82, 2.24) is 14.5 Å². The normalized spacial score (nSPS) is 10.8. The number of nitrogens with two attached hydrogens (primary N) is 1. The number of carbonyl (C=O) groups excluding carboxylic acids is 1. The predicted octanol–water partition coefficient (Wildman–Crippen LogP) is 1.83. The molecule has 0 saturated heterocycles. The summed E-state index contributed by atoms with van der Waals surface area (Å²) in [6.45, 7) is 1.95. The van der Waals surface area contributed by atoms with E-state index in [4.69, 9.17) is 5.73 Å². The van der Waals surface area contributed by atoms with Crippen molar-refractivity contribution in [3.8, 4) is 5.95 Å². The first-order chi connectivity index (χ1) is 9.18. The molecule has 5 nitrogen and oxygen atoms in total. The van der Waals surface area contributed by atoms with Crippen LogP contribution in [0.3, 0.4) is 0 Å². The third-order valence-electron chi connectivity index (χ3n) is 3.03. The van der Waals surface area contributed by atoms with Crippen LogP contribution in [-0.2, 0) is 0 Å². The number of fused-ring (bicyclic) bond motifs is 1. The number of hydrogen-bond donors (Lipinski definition) is 1. The first kappa shape index (κ1) is 11.4. The molecule has 0 bridgehead atoms. The molecule has 0 aliphatic carbocycles. The van der Waals surface area contributed by atoms with E-state index in [1.54, 1.807) is 24.5 Å². The van der Waals surface area contributed by atoms with Gasteiger partial charge in [-0.1, -0.05) is 12.1 Å². The standard InChI is InChI=1S/C14H12N4O/c1-9-8-10-4-2-5-11(13(15)19)12(10)18(9)14-16-6-3-7-17-14/h2-8H,1H3,(H2,15,19). The van der Waals surface area contributed by atoms with Gasteiger partial charge in [-0.05, 0) is 25.1 Å². The van der Waals surface area contributed by atoms with E-state index in [1.807, 2.05) is 29.7 Å². The Bertz CT molecular complexity index is 762. The second-order valence-corrected chi connectivity index (χ2v) is 4.28. The van der Waals surface area contributed by atoms with Crippen molar-refractivity contribution in [2.24, 2.45) is 5.73 Å². The van der Waals surface area contributed by atoms with Crippen LogP contribution in [-0.4, -0.2) is 20.4 Å². The number of primary amides is 1. The number of aryl methyl sites for hydroxylation is 1. The van der Waals surface area contributed by atoms with Crippen LogP contribution in [0.2, 0.25) is 0 Å². The Morgan fingerprint density at radius 2 is 1.95 bits per heavy atom. The van der Waals surface area contributed by atoms with E-state index in [0.29, 0.717) is 11.5 Å². The molecule has 3 rings (SSSR count). The van der Waals surface area contributed by atoms with Crippen LogP contribution in [0.25, 0.3) is 16.9 Å². The highest BCUT2D eigenvalue weighted by Crippen LogP contribution is 2.25. The molecule has 1 aromatic carbocycles. The van der Waals surface area contributed by atoms with Crippen molar-refractivity contribution in [2.45, 2.75) is 6.92 Å². The smallest absolute Gasteiger partial charge is 0.250 e. The Balaban J connectivity index is 2.42. The van der Waals surface area contributed by atoms with Crippen LogP contribution < -0.4 is 5.73 Å². The monoisotopic (exact) mass is 252 g/mol. The van der Waals surface area contributed by atoms with Crippen LogP contribution >= 0.6 is 0 Å². The molecule has 0 atom stereocenters. The van der Waals surface area contributed by atoms with Crippen LogP contribution in [0, 0.1) is 6.92 Å². The maximum atomic E-state index is 11.6. The summed E-state index contributed by atoms with van der Waals surface area (Å²) in [5, 5.41) is 0.946. The van der Waals surface area contributed by atoms with Crippen molar-refractivity contribution >= 4 is 16.8 Å². The average Bonchev–Trinajstić information content (AvgIpc) is 2.75. The van der Waals surface area contributed by atoms with E-state index < -0.39 is 5.91 Å². The molecular formula is C14H12N4O. The van der Waals surface area contributed by atoms with Gasteiger partial charge in [0.05, 0.1) is 11.1 Å². The zero-order valence-corrected chi connectivity index (χ0v) is 10.4. The third kappa shape index (κ3) is 1.76. The number of aromatic nitrogens is 3. The summed E-state index contributed by atoms with van der Waals surface area (Å²) >= 11 is 0. The molecular weight excluding hydrogens is 240 g/mol. The molecule has 0 saturated carbocycles. The first-order valence-corrected chi connectivity index (χ1v) is 5.87. The largest absolute Gasteiger partial charge is 0.366 e. The van der Waals surface area contributed by atoms with E-state index in [9.17, 15) is 4.79 Å². The van der Waals surface area contributed by atoms with E-state index in [2.05, 4.69) is 9.97 Å². The maximum Gasteiger partial charge on any atom is 0.250 e. The molecule has 2 aromatic heterocycles. The minimum Gasteiger partial charge on any atom is -0.366 e. The number of rotatable bonds is 2. The summed E-state index contributed by atoms with van der Waals surface area (Å²) in [6, 6.07) is 9.20. The highest BCUT2D eigenvalue weighted by molar-refractivity contribution is 6.05. The van der Waals surface area contributed by atoms with Gasteiger partial charge in [0, 0.05) is 23.5 Å². The Hall–Kier alpha value is -2.69. The molecule has 2 heterocycles. The van der Waals surface area contributed by atoms with Gasteiger partial charge in [-0.2, -0.15) is 0 Å². The van der Waals surface area contributed by atoms with Gasteiger partial charge >= 0.3 is 0 Å².